The van der Waals surface area contributed by atoms with Gasteiger partial charge < -0.3 is 15.0 Å². The van der Waals surface area contributed by atoms with Crippen molar-refractivity contribution in [2.24, 2.45) is 10.4 Å². The first kappa shape index (κ1) is 13.8. The first-order valence-electron chi connectivity index (χ1n) is 7.15. The Kier molecular flexibility index (Phi) is 3.94. The molecule has 0 radical (unpaired) electrons. The molecule has 20 heavy (non-hydrogen) atoms. The summed E-state index contributed by atoms with van der Waals surface area (Å²) in [6.07, 6.45) is 2.40. The van der Waals surface area contributed by atoms with E-state index < -0.39 is 0 Å². The molecule has 0 bridgehead atoms. The number of thiazole rings is 1. The molecule has 6 heteroatoms. The predicted octanol–water partition coefficient (Wildman–Crippen LogP) is 1.64. The van der Waals surface area contributed by atoms with Crippen molar-refractivity contribution in [1.82, 2.24) is 15.2 Å². The summed E-state index contributed by atoms with van der Waals surface area (Å²) >= 11 is 1.70. The molecular formula is C14H22N4OS. The monoisotopic (exact) mass is 294 g/mol. The van der Waals surface area contributed by atoms with Crippen molar-refractivity contribution < 1.29 is 4.74 Å². The number of ether oxygens (including phenoxy) is 1. The highest BCUT2D eigenvalue weighted by Crippen LogP contribution is 2.38. The Morgan fingerprint density at radius 1 is 1.60 bits per heavy atom. The minimum absolute atomic E-state index is 0.370. The zero-order valence-corrected chi connectivity index (χ0v) is 13.0. The van der Waals surface area contributed by atoms with Crippen LogP contribution in [0.1, 0.15) is 23.5 Å². The lowest BCUT2D eigenvalue weighted by atomic mass is 9.87. The zero-order valence-electron chi connectivity index (χ0n) is 12.2. The van der Waals surface area contributed by atoms with E-state index in [0.29, 0.717) is 5.41 Å². The highest BCUT2D eigenvalue weighted by molar-refractivity contribution is 7.09. The summed E-state index contributed by atoms with van der Waals surface area (Å²) < 4.78 is 5.58. The van der Waals surface area contributed by atoms with E-state index in [-0.39, 0.29) is 0 Å². The van der Waals surface area contributed by atoms with Gasteiger partial charge in [0.2, 0.25) is 0 Å². The van der Waals surface area contributed by atoms with Crippen LogP contribution in [-0.2, 0) is 11.3 Å². The second-order valence-corrected chi connectivity index (χ2v) is 6.70. The molecule has 1 unspecified atom stereocenters. The Morgan fingerprint density at radius 2 is 2.50 bits per heavy atom. The minimum atomic E-state index is 0.370. The molecule has 1 aromatic rings. The highest BCUT2D eigenvalue weighted by Gasteiger charge is 2.42. The fourth-order valence-corrected chi connectivity index (χ4v) is 3.77. The van der Waals surface area contributed by atoms with Crippen LogP contribution in [0.15, 0.2) is 10.4 Å². The minimum Gasteiger partial charge on any atom is -0.381 e. The number of likely N-dealkylation sites (tertiary alicyclic amines) is 1. The first-order valence-corrected chi connectivity index (χ1v) is 8.03. The van der Waals surface area contributed by atoms with Gasteiger partial charge in [-0.1, -0.05) is 0 Å². The highest BCUT2D eigenvalue weighted by atomic mass is 32.1. The van der Waals surface area contributed by atoms with Crippen LogP contribution in [0.2, 0.25) is 0 Å². The topological polar surface area (TPSA) is 49.8 Å². The van der Waals surface area contributed by atoms with Crippen molar-refractivity contribution in [2.75, 3.05) is 33.4 Å². The molecule has 5 nitrogen and oxygen atoms in total. The molecule has 110 valence electrons. The first-order chi connectivity index (χ1) is 9.71. The molecule has 3 rings (SSSR count). The van der Waals surface area contributed by atoms with Crippen LogP contribution in [-0.4, -0.2) is 49.2 Å². The number of rotatable bonds is 2. The molecule has 3 heterocycles. The number of nitrogens with zero attached hydrogens (tertiary/aromatic N) is 3. The largest absolute Gasteiger partial charge is 0.381 e. The Morgan fingerprint density at radius 3 is 3.15 bits per heavy atom. The van der Waals surface area contributed by atoms with Crippen molar-refractivity contribution in [3.63, 3.8) is 0 Å². The van der Waals surface area contributed by atoms with Crippen LogP contribution in [0.5, 0.6) is 0 Å². The van der Waals surface area contributed by atoms with E-state index in [0.717, 1.165) is 49.5 Å². The van der Waals surface area contributed by atoms with Gasteiger partial charge in [0.15, 0.2) is 5.96 Å². The molecular weight excluding hydrogens is 272 g/mol. The van der Waals surface area contributed by atoms with E-state index >= 15 is 0 Å². The molecule has 0 saturated carbocycles. The summed E-state index contributed by atoms with van der Waals surface area (Å²) in [6.45, 7) is 6.73. The average molecular weight is 294 g/mol. The fraction of sp³-hybridized carbons (Fsp3) is 0.714. The maximum atomic E-state index is 5.58. The van der Waals surface area contributed by atoms with Gasteiger partial charge in [-0.3, -0.25) is 4.99 Å². The molecule has 1 spiro atoms. The molecule has 1 atom stereocenters. The van der Waals surface area contributed by atoms with Crippen molar-refractivity contribution >= 4 is 17.3 Å². The van der Waals surface area contributed by atoms with Gasteiger partial charge in [0.1, 0.15) is 5.01 Å². The van der Waals surface area contributed by atoms with E-state index in [1.807, 2.05) is 14.0 Å². The normalized spacial score (nSPS) is 26.7. The van der Waals surface area contributed by atoms with Gasteiger partial charge in [-0.2, -0.15) is 0 Å². The summed E-state index contributed by atoms with van der Waals surface area (Å²) in [5, 5.41) is 6.63. The molecule has 0 amide bonds. The molecule has 1 aromatic heterocycles. The van der Waals surface area contributed by atoms with Crippen LogP contribution >= 0.6 is 11.3 Å². The van der Waals surface area contributed by atoms with Gasteiger partial charge in [-0.15, -0.1) is 11.3 Å². The van der Waals surface area contributed by atoms with Crippen molar-refractivity contribution in [2.45, 2.75) is 26.3 Å². The van der Waals surface area contributed by atoms with Crippen LogP contribution in [0.25, 0.3) is 0 Å². The Hall–Kier alpha value is -1.14. The number of aromatic nitrogens is 1. The van der Waals surface area contributed by atoms with E-state index in [2.05, 4.69) is 25.6 Å². The second-order valence-electron chi connectivity index (χ2n) is 5.76. The molecule has 2 aliphatic heterocycles. The number of aliphatic imine (C=N–C) groups is 1. The van der Waals surface area contributed by atoms with Gasteiger partial charge in [0.25, 0.3) is 0 Å². The van der Waals surface area contributed by atoms with Gasteiger partial charge in [-0.05, 0) is 19.8 Å². The molecule has 1 N–H and O–H groups in total. The third-order valence-electron chi connectivity index (χ3n) is 4.20. The Labute approximate surface area is 124 Å². The fourth-order valence-electron chi connectivity index (χ4n) is 3.06. The molecule has 2 fully saturated rings. The summed E-state index contributed by atoms with van der Waals surface area (Å²) in [5.74, 6) is 0.988. The quantitative estimate of drug-likeness (QED) is 0.665. The number of nitrogens with one attached hydrogen (secondary N) is 1. The van der Waals surface area contributed by atoms with E-state index in [4.69, 9.17) is 4.74 Å². The van der Waals surface area contributed by atoms with Gasteiger partial charge in [-0.25, -0.2) is 4.98 Å². The Balaban J connectivity index is 1.57. The summed E-state index contributed by atoms with van der Waals surface area (Å²) in [4.78, 5) is 11.2. The smallest absolute Gasteiger partial charge is 0.194 e. The average Bonchev–Trinajstić information content (AvgIpc) is 3.15. The lowest BCUT2D eigenvalue weighted by Gasteiger charge is -2.24. The lowest BCUT2D eigenvalue weighted by Crippen LogP contribution is -2.41. The number of aryl methyl sites for hydroxylation is 1. The number of hydrogen-bond acceptors (Lipinski definition) is 4. The van der Waals surface area contributed by atoms with Gasteiger partial charge in [0, 0.05) is 43.2 Å². The van der Waals surface area contributed by atoms with Crippen LogP contribution in [0.4, 0.5) is 0 Å². The van der Waals surface area contributed by atoms with Crippen LogP contribution in [0, 0.1) is 12.3 Å². The summed E-state index contributed by atoms with van der Waals surface area (Å²) in [5.41, 5.74) is 1.46. The zero-order chi connectivity index (χ0) is 14.0. The standard InChI is InChI=1S/C14H22N4OS/c1-11-8-20-12(17-11)7-16-13(15-2)18-5-3-14(9-18)4-6-19-10-14/h8H,3-7,9-10H2,1-2H3,(H,15,16). The van der Waals surface area contributed by atoms with Gasteiger partial charge in [0.05, 0.1) is 13.2 Å². The van der Waals surface area contributed by atoms with E-state index in [9.17, 15) is 0 Å². The van der Waals surface area contributed by atoms with Crippen molar-refractivity contribution in [1.29, 1.82) is 0 Å². The van der Waals surface area contributed by atoms with Gasteiger partial charge >= 0.3 is 0 Å². The predicted molar refractivity (Wildman–Crippen MR) is 81.1 cm³/mol. The van der Waals surface area contributed by atoms with E-state index in [1.54, 1.807) is 11.3 Å². The number of hydrogen-bond donors (Lipinski definition) is 1. The molecule has 2 saturated heterocycles. The summed E-state index contributed by atoms with van der Waals surface area (Å²) in [7, 11) is 1.85. The van der Waals surface area contributed by atoms with Crippen molar-refractivity contribution in [3.8, 4) is 0 Å². The van der Waals surface area contributed by atoms with E-state index in [1.165, 1.54) is 12.8 Å². The molecule has 2 aliphatic rings. The number of guanidine groups is 1. The third-order valence-corrected chi connectivity index (χ3v) is 5.17. The molecule has 0 aliphatic carbocycles. The lowest BCUT2D eigenvalue weighted by molar-refractivity contribution is 0.156. The second kappa shape index (κ2) is 5.69. The maximum Gasteiger partial charge on any atom is 0.194 e. The van der Waals surface area contributed by atoms with Crippen LogP contribution in [0.3, 0.4) is 0 Å². The Bertz CT molecular complexity index is 493. The third kappa shape index (κ3) is 2.81. The SMILES string of the molecule is CN=C(NCc1nc(C)cs1)N1CCC2(CCOC2)C1. The molecule has 0 aromatic carbocycles. The summed E-state index contributed by atoms with van der Waals surface area (Å²) in [6, 6.07) is 0. The maximum absolute atomic E-state index is 5.58. The van der Waals surface area contributed by atoms with Crippen LogP contribution < -0.4 is 5.32 Å². The van der Waals surface area contributed by atoms with Crippen molar-refractivity contribution in [3.05, 3.63) is 16.1 Å².